The molecule has 0 spiro atoms. The summed E-state index contributed by atoms with van der Waals surface area (Å²) in [6, 6.07) is 7.25. The standard InChI is InChI=1S/C6H8N2.C4H11NO2/c7-5-3-1-2-4-6(5)8;6-3-1-5-2-4-7/h1-4H,7-8H2;5-7H,1-4H2. The first kappa shape index (κ1) is 13.7. The van der Waals surface area contributed by atoms with Crippen LogP contribution in [0.2, 0.25) is 0 Å². The molecule has 0 unspecified atom stereocenters. The van der Waals surface area contributed by atoms with Crippen LogP contribution in [-0.2, 0) is 0 Å². The zero-order valence-corrected chi connectivity index (χ0v) is 8.69. The average Bonchev–Trinajstić information content (AvgIpc) is 2.24. The first-order chi connectivity index (χ1) is 7.22. The Labute approximate surface area is 89.7 Å². The third kappa shape index (κ3) is 7.75. The van der Waals surface area contributed by atoms with Crippen LogP contribution in [0.1, 0.15) is 0 Å². The summed E-state index contributed by atoms with van der Waals surface area (Å²) >= 11 is 0. The van der Waals surface area contributed by atoms with Crippen molar-refractivity contribution in [2.75, 3.05) is 37.8 Å². The SMILES string of the molecule is Nc1ccccc1N.OCCNCCO. The molecule has 0 aliphatic rings. The molecule has 0 aliphatic heterocycles. The van der Waals surface area contributed by atoms with Gasteiger partial charge in [0.1, 0.15) is 0 Å². The number of para-hydroxylation sites is 2. The van der Waals surface area contributed by atoms with Gasteiger partial charge in [0.25, 0.3) is 0 Å². The normalized spacial score (nSPS) is 9.20. The minimum atomic E-state index is 0.139. The summed E-state index contributed by atoms with van der Waals surface area (Å²) in [6.07, 6.45) is 0. The van der Waals surface area contributed by atoms with Crippen LogP contribution in [0.5, 0.6) is 0 Å². The van der Waals surface area contributed by atoms with E-state index in [9.17, 15) is 0 Å². The summed E-state index contributed by atoms with van der Waals surface area (Å²) in [5.74, 6) is 0. The number of hydrogen-bond donors (Lipinski definition) is 5. The maximum absolute atomic E-state index is 8.15. The Morgan fingerprint density at radius 1 is 0.933 bits per heavy atom. The van der Waals surface area contributed by atoms with E-state index in [2.05, 4.69) is 5.32 Å². The lowest BCUT2D eigenvalue weighted by atomic mass is 10.3. The van der Waals surface area contributed by atoms with Crippen LogP contribution in [0.4, 0.5) is 11.4 Å². The molecule has 0 aliphatic carbocycles. The van der Waals surface area contributed by atoms with Crippen molar-refractivity contribution in [3.8, 4) is 0 Å². The minimum Gasteiger partial charge on any atom is -0.397 e. The highest BCUT2D eigenvalue weighted by Crippen LogP contribution is 2.10. The Balaban J connectivity index is 0.000000265. The Hall–Kier alpha value is -1.30. The van der Waals surface area contributed by atoms with Crippen LogP contribution in [0.25, 0.3) is 0 Å². The van der Waals surface area contributed by atoms with Gasteiger partial charge in [-0.15, -0.1) is 0 Å². The molecule has 0 heterocycles. The van der Waals surface area contributed by atoms with Gasteiger partial charge >= 0.3 is 0 Å². The van der Waals surface area contributed by atoms with Crippen LogP contribution >= 0.6 is 0 Å². The van der Waals surface area contributed by atoms with Crippen LogP contribution < -0.4 is 16.8 Å². The Bertz CT molecular complexity index is 231. The first-order valence-corrected chi connectivity index (χ1v) is 4.74. The van der Waals surface area contributed by atoms with E-state index < -0.39 is 0 Å². The molecule has 0 fully saturated rings. The molecule has 0 amide bonds. The van der Waals surface area contributed by atoms with Crippen molar-refractivity contribution in [3.05, 3.63) is 24.3 Å². The van der Waals surface area contributed by atoms with E-state index in [1.54, 1.807) is 12.1 Å². The van der Waals surface area contributed by atoms with E-state index in [0.717, 1.165) is 0 Å². The zero-order valence-electron chi connectivity index (χ0n) is 8.69. The Kier molecular flexibility index (Phi) is 8.46. The molecule has 0 saturated heterocycles. The third-order valence-electron chi connectivity index (χ3n) is 1.57. The van der Waals surface area contributed by atoms with Crippen LogP contribution in [-0.4, -0.2) is 36.5 Å². The van der Waals surface area contributed by atoms with E-state index in [1.807, 2.05) is 12.1 Å². The molecule has 0 aromatic heterocycles. The number of nitrogens with two attached hydrogens (primary N) is 2. The molecule has 5 nitrogen and oxygen atoms in total. The molecule has 1 rings (SSSR count). The van der Waals surface area contributed by atoms with Crippen LogP contribution in [0.15, 0.2) is 24.3 Å². The first-order valence-electron chi connectivity index (χ1n) is 4.74. The smallest absolute Gasteiger partial charge is 0.0555 e. The predicted molar refractivity (Wildman–Crippen MR) is 62.3 cm³/mol. The van der Waals surface area contributed by atoms with E-state index in [4.69, 9.17) is 21.7 Å². The largest absolute Gasteiger partial charge is 0.397 e. The fourth-order valence-corrected chi connectivity index (χ4v) is 0.794. The van der Waals surface area contributed by atoms with Gasteiger partial charge in [0.2, 0.25) is 0 Å². The molecule has 1 aromatic carbocycles. The number of anilines is 2. The van der Waals surface area contributed by atoms with E-state index in [-0.39, 0.29) is 13.2 Å². The summed E-state index contributed by atoms with van der Waals surface area (Å²) in [5.41, 5.74) is 12.1. The van der Waals surface area contributed by atoms with Gasteiger partial charge in [-0.2, -0.15) is 0 Å². The number of hydrogen-bond acceptors (Lipinski definition) is 5. The molecule has 1 aromatic rings. The summed E-state index contributed by atoms with van der Waals surface area (Å²) < 4.78 is 0. The molecule has 0 bridgehead atoms. The van der Waals surface area contributed by atoms with Gasteiger partial charge in [-0.05, 0) is 12.1 Å². The number of nitrogens with one attached hydrogen (secondary N) is 1. The summed E-state index contributed by atoms with van der Waals surface area (Å²) in [5, 5.41) is 19.1. The number of rotatable bonds is 4. The second-order valence-corrected chi connectivity index (χ2v) is 2.83. The Morgan fingerprint density at radius 2 is 1.33 bits per heavy atom. The van der Waals surface area contributed by atoms with Gasteiger partial charge < -0.3 is 27.0 Å². The van der Waals surface area contributed by atoms with Gasteiger partial charge in [-0.3, -0.25) is 0 Å². The molecule has 7 N–H and O–H groups in total. The minimum absolute atomic E-state index is 0.139. The van der Waals surface area contributed by atoms with Crippen molar-refractivity contribution in [3.63, 3.8) is 0 Å². The second-order valence-electron chi connectivity index (χ2n) is 2.83. The summed E-state index contributed by atoms with van der Waals surface area (Å²) in [6.45, 7) is 1.42. The molecular weight excluding hydrogens is 194 g/mol. The van der Waals surface area contributed by atoms with Crippen LogP contribution in [0, 0.1) is 0 Å². The fourth-order valence-electron chi connectivity index (χ4n) is 0.794. The fraction of sp³-hybridized carbons (Fsp3) is 0.400. The molecule has 86 valence electrons. The second kappa shape index (κ2) is 9.26. The third-order valence-corrected chi connectivity index (χ3v) is 1.57. The van der Waals surface area contributed by atoms with Gasteiger partial charge in [-0.1, -0.05) is 12.1 Å². The van der Waals surface area contributed by atoms with Crippen molar-refractivity contribution in [2.45, 2.75) is 0 Å². The molecule has 0 radical (unpaired) electrons. The van der Waals surface area contributed by atoms with E-state index in [0.29, 0.717) is 24.5 Å². The summed E-state index contributed by atoms with van der Waals surface area (Å²) in [4.78, 5) is 0. The predicted octanol–water partition coefficient (Wildman–Crippen LogP) is -0.588. The molecule has 5 heteroatoms. The lowest BCUT2D eigenvalue weighted by Crippen LogP contribution is -2.21. The van der Waals surface area contributed by atoms with Crippen molar-refractivity contribution in [1.29, 1.82) is 0 Å². The topological polar surface area (TPSA) is 105 Å². The number of aliphatic hydroxyl groups excluding tert-OH is 2. The van der Waals surface area contributed by atoms with Gasteiger partial charge in [0.05, 0.1) is 24.6 Å². The number of benzene rings is 1. The maximum atomic E-state index is 8.15. The lowest BCUT2D eigenvalue weighted by Gasteiger charge is -1.94. The molecule has 15 heavy (non-hydrogen) atoms. The van der Waals surface area contributed by atoms with Crippen molar-refractivity contribution >= 4 is 11.4 Å². The highest BCUT2D eigenvalue weighted by Gasteiger charge is 1.85. The highest BCUT2D eigenvalue weighted by atomic mass is 16.3. The van der Waals surface area contributed by atoms with Crippen LogP contribution in [0.3, 0.4) is 0 Å². The summed E-state index contributed by atoms with van der Waals surface area (Å²) in [7, 11) is 0. The van der Waals surface area contributed by atoms with Crippen molar-refractivity contribution < 1.29 is 10.2 Å². The molecule has 0 atom stereocenters. The van der Waals surface area contributed by atoms with Gasteiger partial charge in [0.15, 0.2) is 0 Å². The monoisotopic (exact) mass is 213 g/mol. The number of aliphatic hydroxyl groups is 2. The van der Waals surface area contributed by atoms with Crippen molar-refractivity contribution in [2.24, 2.45) is 0 Å². The number of nitrogen functional groups attached to an aromatic ring is 2. The average molecular weight is 213 g/mol. The lowest BCUT2D eigenvalue weighted by molar-refractivity contribution is 0.267. The Morgan fingerprint density at radius 3 is 1.60 bits per heavy atom. The molecular formula is C10H19N3O2. The highest BCUT2D eigenvalue weighted by molar-refractivity contribution is 5.62. The van der Waals surface area contributed by atoms with Crippen molar-refractivity contribution in [1.82, 2.24) is 5.32 Å². The van der Waals surface area contributed by atoms with E-state index in [1.165, 1.54) is 0 Å². The molecule has 0 saturated carbocycles. The maximum Gasteiger partial charge on any atom is 0.0555 e. The quantitative estimate of drug-likeness (QED) is 0.340. The van der Waals surface area contributed by atoms with E-state index >= 15 is 0 Å². The van der Waals surface area contributed by atoms with Gasteiger partial charge in [0, 0.05) is 13.1 Å². The van der Waals surface area contributed by atoms with Gasteiger partial charge in [-0.25, -0.2) is 0 Å². The zero-order chi connectivity index (χ0) is 11.5.